The third-order valence-corrected chi connectivity index (χ3v) is 4.65. The fraction of sp³-hybridized carbons (Fsp3) is 0.529. The van der Waals surface area contributed by atoms with Crippen LogP contribution in [0.25, 0.3) is 0 Å². The zero-order chi connectivity index (χ0) is 17.8. The van der Waals surface area contributed by atoms with Crippen LogP contribution in [0.15, 0.2) is 24.3 Å². The Balaban J connectivity index is 1.52. The Morgan fingerprint density at radius 2 is 2.04 bits per heavy atom. The molecule has 8 heteroatoms. The lowest BCUT2D eigenvalue weighted by molar-refractivity contribution is -0.117. The number of benzene rings is 1. The van der Waals surface area contributed by atoms with E-state index in [9.17, 15) is 14.0 Å². The zero-order valence-corrected chi connectivity index (χ0v) is 14.0. The molecule has 3 amide bonds. The molecule has 3 rings (SSSR count). The molecule has 0 saturated carbocycles. The molecular weight excluding hydrogens is 327 g/mol. The Morgan fingerprint density at radius 3 is 2.72 bits per heavy atom. The number of amides is 3. The molecule has 0 radical (unpaired) electrons. The summed E-state index contributed by atoms with van der Waals surface area (Å²) in [6, 6.07) is 5.45. The predicted octanol–water partition coefficient (Wildman–Crippen LogP) is 0.251. The number of aliphatic hydroxyl groups excluding tert-OH is 1. The van der Waals surface area contributed by atoms with Crippen LogP contribution < -0.4 is 10.2 Å². The van der Waals surface area contributed by atoms with Gasteiger partial charge in [0, 0.05) is 51.4 Å². The molecule has 2 aliphatic rings. The van der Waals surface area contributed by atoms with E-state index in [0.29, 0.717) is 31.9 Å². The Kier molecular flexibility index (Phi) is 5.50. The van der Waals surface area contributed by atoms with Crippen molar-refractivity contribution < 1.29 is 19.1 Å². The number of carbonyl (C=O) groups excluding carboxylic acids is 2. The Hall–Kier alpha value is -2.19. The summed E-state index contributed by atoms with van der Waals surface area (Å²) in [5, 5.41) is 11.9. The smallest absolute Gasteiger partial charge is 0.317 e. The number of urea groups is 1. The number of hydrogen-bond donors (Lipinski definition) is 2. The van der Waals surface area contributed by atoms with Gasteiger partial charge in [0.2, 0.25) is 5.91 Å². The first kappa shape index (κ1) is 17.6. The monoisotopic (exact) mass is 350 g/mol. The highest BCUT2D eigenvalue weighted by Crippen LogP contribution is 2.22. The summed E-state index contributed by atoms with van der Waals surface area (Å²) in [5.74, 6) is -0.512. The quantitative estimate of drug-likeness (QED) is 0.816. The van der Waals surface area contributed by atoms with E-state index in [1.54, 1.807) is 17.0 Å². The van der Waals surface area contributed by atoms with E-state index < -0.39 is 5.82 Å². The van der Waals surface area contributed by atoms with Crippen molar-refractivity contribution in [1.82, 2.24) is 15.1 Å². The topological polar surface area (TPSA) is 76.1 Å². The number of hydrogen-bond acceptors (Lipinski definition) is 4. The Morgan fingerprint density at radius 1 is 1.28 bits per heavy atom. The van der Waals surface area contributed by atoms with Gasteiger partial charge in [0.15, 0.2) is 0 Å². The zero-order valence-electron chi connectivity index (χ0n) is 14.0. The van der Waals surface area contributed by atoms with Crippen molar-refractivity contribution in [3.8, 4) is 0 Å². The minimum absolute atomic E-state index is 0.117. The second-order valence-electron chi connectivity index (χ2n) is 6.39. The Labute approximate surface area is 146 Å². The molecule has 2 heterocycles. The van der Waals surface area contributed by atoms with Gasteiger partial charge in [0.05, 0.1) is 12.6 Å². The van der Waals surface area contributed by atoms with E-state index in [0.717, 1.165) is 13.1 Å². The van der Waals surface area contributed by atoms with Gasteiger partial charge >= 0.3 is 6.03 Å². The third kappa shape index (κ3) is 4.26. The average molecular weight is 350 g/mol. The van der Waals surface area contributed by atoms with E-state index in [4.69, 9.17) is 5.11 Å². The molecule has 2 N–H and O–H groups in total. The van der Waals surface area contributed by atoms with Gasteiger partial charge in [0.25, 0.3) is 0 Å². The van der Waals surface area contributed by atoms with Crippen LogP contribution in [0.3, 0.4) is 0 Å². The third-order valence-electron chi connectivity index (χ3n) is 4.65. The Bertz CT molecular complexity index is 634. The molecule has 0 aliphatic carbocycles. The molecule has 0 aromatic heterocycles. The van der Waals surface area contributed by atoms with Gasteiger partial charge < -0.3 is 20.2 Å². The maximum absolute atomic E-state index is 13.4. The SMILES string of the molecule is O=C(N[C@H]1CC(=O)N(c2cccc(F)c2)C1)N1CCN(CCO)CC1. The van der Waals surface area contributed by atoms with Gasteiger partial charge in [-0.05, 0) is 18.2 Å². The maximum Gasteiger partial charge on any atom is 0.317 e. The van der Waals surface area contributed by atoms with Crippen LogP contribution in [-0.2, 0) is 4.79 Å². The van der Waals surface area contributed by atoms with E-state index >= 15 is 0 Å². The lowest BCUT2D eigenvalue weighted by Crippen LogP contribution is -2.54. The number of β-amino-alcohol motifs (C(OH)–C–C–N with tert-alkyl or cyclic N) is 1. The number of nitrogens with one attached hydrogen (secondary N) is 1. The van der Waals surface area contributed by atoms with E-state index in [-0.39, 0.29) is 31.0 Å². The summed E-state index contributed by atoms with van der Waals surface area (Å²) in [6.07, 6.45) is 0.215. The van der Waals surface area contributed by atoms with Gasteiger partial charge in [-0.2, -0.15) is 0 Å². The molecule has 1 atom stereocenters. The number of piperazine rings is 1. The van der Waals surface area contributed by atoms with Crippen molar-refractivity contribution in [3.05, 3.63) is 30.1 Å². The van der Waals surface area contributed by atoms with Crippen molar-refractivity contribution in [3.63, 3.8) is 0 Å². The van der Waals surface area contributed by atoms with Crippen LogP contribution >= 0.6 is 0 Å². The molecule has 2 saturated heterocycles. The summed E-state index contributed by atoms with van der Waals surface area (Å²) in [6.45, 7) is 3.74. The molecule has 2 aliphatic heterocycles. The highest BCUT2D eigenvalue weighted by Gasteiger charge is 2.33. The lowest BCUT2D eigenvalue weighted by Gasteiger charge is -2.34. The molecule has 2 fully saturated rings. The second-order valence-corrected chi connectivity index (χ2v) is 6.39. The first-order chi connectivity index (χ1) is 12.1. The van der Waals surface area contributed by atoms with E-state index in [1.807, 2.05) is 0 Å². The fourth-order valence-corrected chi connectivity index (χ4v) is 3.28. The number of halogens is 1. The normalized spacial score (nSPS) is 21.7. The molecular formula is C17H23FN4O3. The molecule has 1 aromatic carbocycles. The number of nitrogens with zero attached hydrogens (tertiary/aromatic N) is 3. The minimum Gasteiger partial charge on any atom is -0.395 e. The van der Waals surface area contributed by atoms with Crippen molar-refractivity contribution in [2.75, 3.05) is 50.8 Å². The first-order valence-corrected chi connectivity index (χ1v) is 8.51. The summed E-state index contributed by atoms with van der Waals surface area (Å²) < 4.78 is 13.4. The van der Waals surface area contributed by atoms with Gasteiger partial charge in [-0.1, -0.05) is 6.07 Å². The lowest BCUT2D eigenvalue weighted by atomic mass is 10.2. The number of rotatable bonds is 4. The van der Waals surface area contributed by atoms with Crippen molar-refractivity contribution in [2.24, 2.45) is 0 Å². The van der Waals surface area contributed by atoms with Gasteiger partial charge in [-0.15, -0.1) is 0 Å². The largest absolute Gasteiger partial charge is 0.395 e. The van der Waals surface area contributed by atoms with E-state index in [1.165, 1.54) is 17.0 Å². The van der Waals surface area contributed by atoms with Gasteiger partial charge in [-0.3, -0.25) is 9.69 Å². The minimum atomic E-state index is -0.390. The molecule has 1 aromatic rings. The van der Waals surface area contributed by atoms with Crippen molar-refractivity contribution in [2.45, 2.75) is 12.5 Å². The molecule has 136 valence electrons. The fourth-order valence-electron chi connectivity index (χ4n) is 3.28. The highest BCUT2D eigenvalue weighted by molar-refractivity contribution is 5.96. The van der Waals surface area contributed by atoms with E-state index in [2.05, 4.69) is 10.2 Å². The number of carbonyl (C=O) groups is 2. The summed E-state index contributed by atoms with van der Waals surface area (Å²) in [7, 11) is 0. The van der Waals surface area contributed by atoms with Crippen LogP contribution in [0.1, 0.15) is 6.42 Å². The standard InChI is InChI=1S/C17H23FN4O3/c18-13-2-1-3-15(10-13)22-12-14(11-16(22)24)19-17(25)21-6-4-20(5-7-21)8-9-23/h1-3,10,14,23H,4-9,11-12H2,(H,19,25)/t14-/m0/s1. The van der Waals surface area contributed by atoms with Crippen molar-refractivity contribution in [1.29, 1.82) is 0 Å². The van der Waals surface area contributed by atoms with Crippen LogP contribution in [0.2, 0.25) is 0 Å². The second kappa shape index (κ2) is 7.79. The molecule has 7 nitrogen and oxygen atoms in total. The van der Waals surface area contributed by atoms with Crippen LogP contribution in [-0.4, -0.2) is 78.8 Å². The highest BCUT2D eigenvalue weighted by atomic mass is 19.1. The van der Waals surface area contributed by atoms with Gasteiger partial charge in [0.1, 0.15) is 5.82 Å². The molecule has 25 heavy (non-hydrogen) atoms. The first-order valence-electron chi connectivity index (χ1n) is 8.51. The number of aliphatic hydroxyl groups is 1. The average Bonchev–Trinajstić information content (AvgIpc) is 2.96. The summed E-state index contributed by atoms with van der Waals surface area (Å²) in [4.78, 5) is 29.9. The van der Waals surface area contributed by atoms with Crippen LogP contribution in [0.5, 0.6) is 0 Å². The summed E-state index contributed by atoms with van der Waals surface area (Å²) in [5.41, 5.74) is 0.513. The molecule has 0 unspecified atom stereocenters. The summed E-state index contributed by atoms with van der Waals surface area (Å²) >= 11 is 0. The molecule has 0 spiro atoms. The van der Waals surface area contributed by atoms with Crippen LogP contribution in [0, 0.1) is 5.82 Å². The maximum atomic E-state index is 13.4. The van der Waals surface area contributed by atoms with Crippen LogP contribution in [0.4, 0.5) is 14.9 Å². The van der Waals surface area contributed by atoms with Gasteiger partial charge in [-0.25, -0.2) is 9.18 Å². The predicted molar refractivity (Wildman–Crippen MR) is 90.8 cm³/mol. The molecule has 0 bridgehead atoms. The van der Waals surface area contributed by atoms with Crippen molar-refractivity contribution >= 4 is 17.6 Å². The number of anilines is 1.